The van der Waals surface area contributed by atoms with Crippen molar-refractivity contribution in [1.82, 2.24) is 9.97 Å². The van der Waals surface area contributed by atoms with Crippen LogP contribution in [0.1, 0.15) is 6.92 Å². The predicted molar refractivity (Wildman–Crippen MR) is 67.6 cm³/mol. The number of aromatic amines is 1. The molecule has 0 bridgehead atoms. The van der Waals surface area contributed by atoms with Gasteiger partial charge in [0, 0.05) is 11.8 Å². The van der Waals surface area contributed by atoms with Gasteiger partial charge in [0.2, 0.25) is 5.95 Å². The minimum Gasteiger partial charge on any atom is -0.353 e. The summed E-state index contributed by atoms with van der Waals surface area (Å²) in [7, 11) is 0. The second-order valence-electron chi connectivity index (χ2n) is 3.60. The average molecular weight is 221 g/mol. The summed E-state index contributed by atoms with van der Waals surface area (Å²) in [6.07, 6.45) is 2.11. The van der Waals surface area contributed by atoms with E-state index in [1.165, 1.54) is 0 Å². The molecule has 0 spiro atoms. The van der Waals surface area contributed by atoms with Crippen LogP contribution < -0.4 is 5.32 Å². The fraction of sp³-hybridized carbons (Fsp3) is 0.364. The topological polar surface area (TPSA) is 40.7 Å². The van der Waals surface area contributed by atoms with E-state index >= 15 is 0 Å². The Morgan fingerprint density at radius 1 is 1.47 bits per heavy atom. The molecule has 80 valence electrons. The van der Waals surface area contributed by atoms with Crippen LogP contribution in [0.4, 0.5) is 5.95 Å². The Balaban J connectivity index is 2.15. The molecule has 0 saturated heterocycles. The van der Waals surface area contributed by atoms with Gasteiger partial charge in [-0.3, -0.25) is 0 Å². The molecule has 3 nitrogen and oxygen atoms in total. The molecular formula is C11H15N3S. The minimum atomic E-state index is 0.431. The molecule has 1 unspecified atom stereocenters. The van der Waals surface area contributed by atoms with Crippen molar-refractivity contribution in [1.29, 1.82) is 0 Å². The molecular weight excluding hydrogens is 206 g/mol. The minimum absolute atomic E-state index is 0.431. The van der Waals surface area contributed by atoms with E-state index in [-0.39, 0.29) is 0 Å². The van der Waals surface area contributed by atoms with Crippen LogP contribution in [0.25, 0.3) is 11.0 Å². The van der Waals surface area contributed by atoms with Crippen molar-refractivity contribution in [3.63, 3.8) is 0 Å². The van der Waals surface area contributed by atoms with Crippen molar-refractivity contribution in [2.45, 2.75) is 13.0 Å². The largest absolute Gasteiger partial charge is 0.353 e. The predicted octanol–water partition coefficient (Wildman–Crippen LogP) is 2.73. The molecule has 0 amide bonds. The summed E-state index contributed by atoms with van der Waals surface area (Å²) in [4.78, 5) is 7.71. The number of anilines is 1. The maximum atomic E-state index is 4.46. The van der Waals surface area contributed by atoms with Gasteiger partial charge < -0.3 is 10.3 Å². The second-order valence-corrected chi connectivity index (χ2v) is 4.51. The van der Waals surface area contributed by atoms with Crippen LogP contribution in [0.5, 0.6) is 0 Å². The van der Waals surface area contributed by atoms with E-state index in [1.807, 2.05) is 36.0 Å². The molecule has 0 radical (unpaired) electrons. The number of fused-ring (bicyclic) bond motifs is 1. The van der Waals surface area contributed by atoms with E-state index in [2.05, 4.69) is 28.5 Å². The SMILES string of the molecule is CSCC(C)Nc1nc2ccccc2[nH]1. The van der Waals surface area contributed by atoms with Crippen LogP contribution in [0, 0.1) is 0 Å². The summed E-state index contributed by atoms with van der Waals surface area (Å²) in [5.41, 5.74) is 2.09. The number of para-hydroxylation sites is 2. The third-order valence-electron chi connectivity index (χ3n) is 2.19. The van der Waals surface area contributed by atoms with E-state index in [0.29, 0.717) is 6.04 Å². The first-order chi connectivity index (χ1) is 7.29. The Labute approximate surface area is 93.7 Å². The molecule has 0 aliphatic carbocycles. The van der Waals surface area contributed by atoms with E-state index in [1.54, 1.807) is 0 Å². The summed E-state index contributed by atoms with van der Waals surface area (Å²) in [6.45, 7) is 2.16. The van der Waals surface area contributed by atoms with Crippen molar-refractivity contribution in [3.05, 3.63) is 24.3 Å². The third kappa shape index (κ3) is 2.45. The number of thioether (sulfide) groups is 1. The summed E-state index contributed by atoms with van der Waals surface area (Å²) in [6, 6.07) is 8.48. The molecule has 1 heterocycles. The van der Waals surface area contributed by atoms with E-state index < -0.39 is 0 Å². The molecule has 1 aromatic carbocycles. The molecule has 2 aromatic rings. The van der Waals surface area contributed by atoms with E-state index in [4.69, 9.17) is 0 Å². The Hall–Kier alpha value is -1.16. The number of nitrogens with one attached hydrogen (secondary N) is 2. The highest BCUT2D eigenvalue weighted by molar-refractivity contribution is 7.98. The molecule has 0 aliphatic heterocycles. The van der Waals surface area contributed by atoms with Crippen LogP contribution in [-0.2, 0) is 0 Å². The summed E-state index contributed by atoms with van der Waals surface area (Å²) in [5.74, 6) is 1.94. The standard InChI is InChI=1S/C11H15N3S/c1-8(7-15-2)12-11-13-9-5-3-4-6-10(9)14-11/h3-6,8H,7H2,1-2H3,(H2,12,13,14). The van der Waals surface area contributed by atoms with Crippen LogP contribution in [0.2, 0.25) is 0 Å². The summed E-state index contributed by atoms with van der Waals surface area (Å²) >= 11 is 1.83. The average Bonchev–Trinajstić information content (AvgIpc) is 2.59. The lowest BCUT2D eigenvalue weighted by Gasteiger charge is -2.10. The maximum absolute atomic E-state index is 4.46. The highest BCUT2D eigenvalue weighted by Crippen LogP contribution is 2.14. The fourth-order valence-corrected chi connectivity index (χ4v) is 2.13. The maximum Gasteiger partial charge on any atom is 0.201 e. The molecule has 1 aromatic heterocycles. The van der Waals surface area contributed by atoms with Crippen LogP contribution in [0.15, 0.2) is 24.3 Å². The number of H-pyrrole nitrogens is 1. The van der Waals surface area contributed by atoms with Gasteiger partial charge in [-0.1, -0.05) is 12.1 Å². The van der Waals surface area contributed by atoms with Gasteiger partial charge in [0.05, 0.1) is 11.0 Å². The lowest BCUT2D eigenvalue weighted by molar-refractivity contribution is 0.897. The lowest BCUT2D eigenvalue weighted by atomic mass is 10.3. The first-order valence-electron chi connectivity index (χ1n) is 5.00. The van der Waals surface area contributed by atoms with Crippen molar-refractivity contribution < 1.29 is 0 Å². The van der Waals surface area contributed by atoms with E-state index in [0.717, 1.165) is 22.7 Å². The molecule has 4 heteroatoms. The monoisotopic (exact) mass is 221 g/mol. The number of nitrogens with zero attached hydrogens (tertiary/aromatic N) is 1. The quantitative estimate of drug-likeness (QED) is 0.834. The second kappa shape index (κ2) is 4.57. The zero-order valence-electron chi connectivity index (χ0n) is 8.95. The zero-order valence-corrected chi connectivity index (χ0v) is 9.77. The molecule has 0 fully saturated rings. The van der Waals surface area contributed by atoms with Gasteiger partial charge in [0.1, 0.15) is 0 Å². The van der Waals surface area contributed by atoms with Crippen LogP contribution >= 0.6 is 11.8 Å². The van der Waals surface area contributed by atoms with Gasteiger partial charge >= 0.3 is 0 Å². The number of hydrogen-bond acceptors (Lipinski definition) is 3. The molecule has 1 atom stereocenters. The molecule has 2 N–H and O–H groups in total. The van der Waals surface area contributed by atoms with Crippen molar-refractivity contribution in [3.8, 4) is 0 Å². The van der Waals surface area contributed by atoms with Gasteiger partial charge in [-0.2, -0.15) is 11.8 Å². The van der Waals surface area contributed by atoms with Crippen LogP contribution in [-0.4, -0.2) is 28.0 Å². The zero-order chi connectivity index (χ0) is 10.7. The fourth-order valence-electron chi connectivity index (χ4n) is 1.55. The number of aromatic nitrogens is 2. The van der Waals surface area contributed by atoms with E-state index in [9.17, 15) is 0 Å². The highest BCUT2D eigenvalue weighted by Gasteiger charge is 2.04. The van der Waals surface area contributed by atoms with Crippen molar-refractivity contribution in [2.75, 3.05) is 17.3 Å². The Kier molecular flexibility index (Phi) is 3.16. The van der Waals surface area contributed by atoms with Crippen LogP contribution in [0.3, 0.4) is 0 Å². The molecule has 2 rings (SSSR count). The van der Waals surface area contributed by atoms with Gasteiger partial charge in [0.15, 0.2) is 0 Å². The van der Waals surface area contributed by atoms with Crippen molar-refractivity contribution >= 4 is 28.7 Å². The first-order valence-corrected chi connectivity index (χ1v) is 6.39. The Morgan fingerprint density at radius 3 is 3.00 bits per heavy atom. The first kappa shape index (κ1) is 10.4. The van der Waals surface area contributed by atoms with Gasteiger partial charge in [-0.25, -0.2) is 4.98 Å². The normalized spacial score (nSPS) is 12.9. The van der Waals surface area contributed by atoms with Gasteiger partial charge in [0.25, 0.3) is 0 Å². The highest BCUT2D eigenvalue weighted by atomic mass is 32.2. The number of hydrogen-bond donors (Lipinski definition) is 2. The molecule has 15 heavy (non-hydrogen) atoms. The summed E-state index contributed by atoms with van der Waals surface area (Å²) < 4.78 is 0. The third-order valence-corrected chi connectivity index (χ3v) is 3.02. The van der Waals surface area contributed by atoms with Gasteiger partial charge in [-0.05, 0) is 25.3 Å². The summed E-state index contributed by atoms with van der Waals surface area (Å²) in [5, 5.41) is 3.34. The Bertz CT molecular complexity index is 405. The lowest BCUT2D eigenvalue weighted by Crippen LogP contribution is -2.18. The van der Waals surface area contributed by atoms with Crippen molar-refractivity contribution in [2.24, 2.45) is 0 Å². The number of benzene rings is 1. The molecule has 0 aliphatic rings. The number of imidazole rings is 1. The Morgan fingerprint density at radius 2 is 2.27 bits per heavy atom. The molecule has 0 saturated carbocycles. The smallest absolute Gasteiger partial charge is 0.201 e. The number of rotatable bonds is 4. The van der Waals surface area contributed by atoms with Gasteiger partial charge in [-0.15, -0.1) is 0 Å².